The van der Waals surface area contributed by atoms with E-state index in [1.54, 1.807) is 0 Å². The van der Waals surface area contributed by atoms with Gasteiger partial charge < -0.3 is 9.62 Å². The predicted octanol–water partition coefficient (Wildman–Crippen LogP) is 4.24. The second kappa shape index (κ2) is 9.17. The maximum Gasteiger partial charge on any atom is 0.315 e. The van der Waals surface area contributed by atoms with Gasteiger partial charge in [0.1, 0.15) is 5.11 Å². The molecule has 2 nitrogen and oxygen atoms in total. The topological polar surface area (TPSA) is 6.48 Å². The summed E-state index contributed by atoms with van der Waals surface area (Å²) in [7, 11) is 0. The number of rotatable bonds is 8. The predicted molar refractivity (Wildman–Crippen MR) is 95.9 cm³/mol. The lowest BCUT2D eigenvalue weighted by atomic mass is 9.76. The first-order valence-electron chi connectivity index (χ1n) is 7.92. The Hall–Kier alpha value is 0.170. The van der Waals surface area contributed by atoms with Crippen molar-refractivity contribution in [1.29, 1.82) is 0 Å². The number of nitrogens with zero attached hydrogens (tertiary/aromatic N) is 2. The van der Waals surface area contributed by atoms with Gasteiger partial charge >= 0.3 is 12.3 Å². The Bertz CT molecular complexity index is 255. The van der Waals surface area contributed by atoms with Crippen LogP contribution in [-0.4, -0.2) is 40.1 Å². The lowest BCUT2D eigenvalue weighted by molar-refractivity contribution is 0.552. The first kappa shape index (κ1) is 17.2. The summed E-state index contributed by atoms with van der Waals surface area (Å²) < 4.78 is 0. The monoisotopic (exact) mass is 298 g/mol. The highest BCUT2D eigenvalue weighted by molar-refractivity contribution is 8.45. The summed E-state index contributed by atoms with van der Waals surface area (Å²) >= 11 is 7.89. The highest BCUT2D eigenvalue weighted by Gasteiger charge is 2.40. The van der Waals surface area contributed by atoms with Gasteiger partial charge in [-0.3, -0.25) is 0 Å². The third-order valence-electron chi connectivity index (χ3n) is 3.79. The normalized spacial score (nSPS) is 16.5. The van der Waals surface area contributed by atoms with Crippen LogP contribution in [0, 0.1) is 0 Å². The van der Waals surface area contributed by atoms with Crippen molar-refractivity contribution in [3.05, 3.63) is 0 Å². The molecule has 0 aromatic rings. The van der Waals surface area contributed by atoms with E-state index in [-0.39, 0.29) is 0 Å². The Morgan fingerprint density at radius 1 is 0.895 bits per heavy atom. The van der Waals surface area contributed by atoms with Crippen molar-refractivity contribution in [2.24, 2.45) is 0 Å². The molecule has 0 unspecified atom stereocenters. The zero-order valence-electron chi connectivity index (χ0n) is 13.0. The maximum atomic E-state index is 5.74. The second-order valence-electron chi connectivity index (χ2n) is 5.18. The van der Waals surface area contributed by atoms with E-state index in [1.807, 2.05) is 0 Å². The Balaban J connectivity index is 2.74. The quantitative estimate of drug-likeness (QED) is 0.488. The van der Waals surface area contributed by atoms with Crippen LogP contribution in [0.3, 0.4) is 0 Å². The first-order chi connectivity index (χ1) is 9.19. The molecule has 0 bridgehead atoms. The summed E-state index contributed by atoms with van der Waals surface area (Å²) in [4.78, 5) is 4.86. The molecule has 0 aromatic carbocycles. The highest BCUT2D eigenvalue weighted by atomic mass is 32.2. The van der Waals surface area contributed by atoms with Crippen molar-refractivity contribution in [3.63, 3.8) is 0 Å². The van der Waals surface area contributed by atoms with Gasteiger partial charge in [-0.15, -0.1) is 0 Å². The van der Waals surface area contributed by atoms with E-state index in [4.69, 9.17) is 12.2 Å². The SMILES string of the molecule is CCCCB1SB(CCCC)N(CC)C(=S)N1CC. The molecule has 0 atom stereocenters. The van der Waals surface area contributed by atoms with E-state index >= 15 is 0 Å². The molecule has 0 amide bonds. The summed E-state index contributed by atoms with van der Waals surface area (Å²) in [6, 6.07) is 0. The van der Waals surface area contributed by atoms with Gasteiger partial charge in [-0.25, -0.2) is 11.5 Å². The number of hydrogen-bond donors (Lipinski definition) is 0. The summed E-state index contributed by atoms with van der Waals surface area (Å²) in [6.07, 6.45) is 8.92. The fourth-order valence-electron chi connectivity index (χ4n) is 2.62. The molecule has 0 radical (unpaired) electrons. The minimum atomic E-state index is 0.599. The van der Waals surface area contributed by atoms with Crippen molar-refractivity contribution in [2.45, 2.75) is 66.0 Å². The molecule has 0 aromatic heterocycles. The van der Waals surface area contributed by atoms with E-state index in [9.17, 15) is 0 Å². The summed E-state index contributed by atoms with van der Waals surface area (Å²) in [6.45, 7) is 11.1. The molecular weight excluding hydrogens is 270 g/mol. The van der Waals surface area contributed by atoms with Crippen LogP contribution in [0.1, 0.15) is 53.4 Å². The summed E-state index contributed by atoms with van der Waals surface area (Å²) in [5, 5.41) is 1.09. The molecule has 0 aliphatic carbocycles. The van der Waals surface area contributed by atoms with E-state index in [0.717, 1.165) is 18.2 Å². The van der Waals surface area contributed by atoms with E-state index in [2.05, 4.69) is 48.8 Å². The lowest BCUT2D eigenvalue weighted by Crippen LogP contribution is -2.59. The smallest absolute Gasteiger partial charge is 0.315 e. The average molecular weight is 298 g/mol. The molecule has 0 saturated carbocycles. The summed E-state index contributed by atoms with van der Waals surface area (Å²) in [5.41, 5.74) is 0. The van der Waals surface area contributed by atoms with Gasteiger partial charge in [-0.1, -0.05) is 39.5 Å². The van der Waals surface area contributed by atoms with Gasteiger partial charge in [0, 0.05) is 13.1 Å². The molecule has 6 heteroatoms. The Morgan fingerprint density at radius 3 is 1.63 bits per heavy atom. The van der Waals surface area contributed by atoms with Crippen LogP contribution in [0.15, 0.2) is 0 Å². The van der Waals surface area contributed by atoms with Crippen LogP contribution in [0.4, 0.5) is 0 Å². The number of thiocarbonyl (C=S) groups is 1. The lowest BCUT2D eigenvalue weighted by Gasteiger charge is -2.45. The third kappa shape index (κ3) is 4.59. The Labute approximate surface area is 130 Å². The number of hydrogen-bond acceptors (Lipinski definition) is 2. The fourth-order valence-corrected chi connectivity index (χ4v) is 5.03. The van der Waals surface area contributed by atoms with Gasteiger partial charge in [-0.05, 0) is 38.7 Å². The molecular formula is C13H28B2N2S2. The van der Waals surface area contributed by atoms with Crippen molar-refractivity contribution < 1.29 is 0 Å². The maximum absolute atomic E-state index is 5.74. The van der Waals surface area contributed by atoms with Crippen LogP contribution < -0.4 is 0 Å². The van der Waals surface area contributed by atoms with Crippen LogP contribution in [0.2, 0.25) is 12.6 Å². The minimum Gasteiger partial charge on any atom is -0.384 e. The van der Waals surface area contributed by atoms with Crippen molar-refractivity contribution >= 4 is 41.0 Å². The van der Waals surface area contributed by atoms with Crippen molar-refractivity contribution in [3.8, 4) is 0 Å². The molecule has 1 aliphatic heterocycles. The zero-order valence-corrected chi connectivity index (χ0v) is 14.7. The van der Waals surface area contributed by atoms with Gasteiger partial charge in [0.25, 0.3) is 0 Å². The van der Waals surface area contributed by atoms with E-state index in [1.165, 1.54) is 38.3 Å². The van der Waals surface area contributed by atoms with Crippen molar-refractivity contribution in [1.82, 2.24) is 9.62 Å². The van der Waals surface area contributed by atoms with Crippen LogP contribution in [0.5, 0.6) is 0 Å². The molecule has 19 heavy (non-hydrogen) atoms. The fraction of sp³-hybridized carbons (Fsp3) is 0.923. The van der Waals surface area contributed by atoms with Gasteiger partial charge in [-0.2, -0.15) is 0 Å². The largest absolute Gasteiger partial charge is 0.384 e. The molecule has 1 fully saturated rings. The second-order valence-corrected chi connectivity index (χ2v) is 6.91. The molecule has 1 rings (SSSR count). The summed E-state index contributed by atoms with van der Waals surface area (Å²) in [5.74, 6) is 0. The standard InChI is InChI=1S/C13H28B2N2S2/c1-5-9-11-14-16(7-3)13(18)17(8-4)15(19-14)12-10-6-2/h5-12H2,1-4H3. The molecule has 0 spiro atoms. The van der Waals surface area contributed by atoms with Gasteiger partial charge in [0.2, 0.25) is 0 Å². The van der Waals surface area contributed by atoms with Gasteiger partial charge in [0.15, 0.2) is 0 Å². The van der Waals surface area contributed by atoms with E-state index in [0.29, 0.717) is 12.3 Å². The molecule has 1 saturated heterocycles. The molecule has 1 heterocycles. The Morgan fingerprint density at radius 2 is 1.32 bits per heavy atom. The minimum absolute atomic E-state index is 0.599. The molecule has 108 valence electrons. The van der Waals surface area contributed by atoms with Crippen molar-refractivity contribution in [2.75, 3.05) is 13.1 Å². The molecule has 0 N–H and O–H groups in total. The van der Waals surface area contributed by atoms with Gasteiger partial charge in [0.05, 0.1) is 0 Å². The van der Waals surface area contributed by atoms with E-state index < -0.39 is 0 Å². The third-order valence-corrected chi connectivity index (χ3v) is 5.87. The average Bonchev–Trinajstić information content (AvgIpc) is 2.42. The van der Waals surface area contributed by atoms with Crippen LogP contribution in [0.25, 0.3) is 0 Å². The van der Waals surface area contributed by atoms with Crippen LogP contribution in [-0.2, 0) is 0 Å². The number of unbranched alkanes of at least 4 members (excludes halogenated alkanes) is 2. The zero-order chi connectivity index (χ0) is 14.3. The first-order valence-corrected chi connectivity index (χ1v) is 9.27. The molecule has 1 aliphatic rings. The van der Waals surface area contributed by atoms with Crippen LogP contribution >= 0.6 is 23.7 Å². The highest BCUT2D eigenvalue weighted by Crippen LogP contribution is 2.32. The Kier molecular flexibility index (Phi) is 8.31.